The first-order valence-electron chi connectivity index (χ1n) is 4.30. The van der Waals surface area contributed by atoms with Gasteiger partial charge in [-0.1, -0.05) is 6.07 Å². The lowest BCUT2D eigenvalue weighted by molar-refractivity contribution is 0.648. The predicted molar refractivity (Wildman–Crippen MR) is 54.3 cm³/mol. The van der Waals surface area contributed by atoms with Crippen molar-refractivity contribution in [1.29, 1.82) is 0 Å². The highest BCUT2D eigenvalue weighted by molar-refractivity contribution is 5.77. The Morgan fingerprint density at radius 2 is 1.93 bits per heavy atom. The third-order valence-corrected chi connectivity index (χ3v) is 1.86. The van der Waals surface area contributed by atoms with Gasteiger partial charge in [0, 0.05) is 12.4 Å². The molecular weight excluding hydrogens is 179 g/mol. The van der Waals surface area contributed by atoms with E-state index in [4.69, 9.17) is 0 Å². The summed E-state index contributed by atoms with van der Waals surface area (Å²) in [6, 6.07) is 5.46. The van der Waals surface area contributed by atoms with Gasteiger partial charge >= 0.3 is 0 Å². The molecule has 1 aromatic heterocycles. The molecule has 0 aliphatic carbocycles. The Morgan fingerprint density at radius 3 is 2.64 bits per heavy atom. The molecule has 0 saturated carbocycles. The topological polar surface area (TPSA) is 25.8 Å². The van der Waals surface area contributed by atoms with Gasteiger partial charge in [-0.15, -0.1) is 0 Å². The fourth-order valence-electron chi connectivity index (χ4n) is 1.30. The summed E-state index contributed by atoms with van der Waals surface area (Å²) >= 11 is 0. The Bertz CT molecular complexity index is 487. The standard InChI is InChI=1S/C11H9FN2/c1-8(12)6-9-2-3-10-11(7-9)14-5-4-13-10/h2-7H,1H3/b8-6-. The van der Waals surface area contributed by atoms with Crippen molar-refractivity contribution < 1.29 is 4.39 Å². The zero-order valence-corrected chi connectivity index (χ0v) is 7.74. The second-order valence-electron chi connectivity index (χ2n) is 3.04. The van der Waals surface area contributed by atoms with Gasteiger partial charge in [0.25, 0.3) is 0 Å². The molecule has 0 aliphatic heterocycles. The van der Waals surface area contributed by atoms with Crippen LogP contribution in [0.15, 0.2) is 36.4 Å². The van der Waals surface area contributed by atoms with E-state index in [0.29, 0.717) is 0 Å². The molecule has 0 atom stereocenters. The molecule has 0 amide bonds. The molecule has 2 rings (SSSR count). The summed E-state index contributed by atoms with van der Waals surface area (Å²) in [7, 11) is 0. The van der Waals surface area contributed by atoms with Gasteiger partial charge in [-0.05, 0) is 30.7 Å². The number of benzene rings is 1. The van der Waals surface area contributed by atoms with Crippen LogP contribution in [0, 0.1) is 0 Å². The zero-order chi connectivity index (χ0) is 9.97. The Balaban J connectivity index is 2.57. The molecule has 3 heteroatoms. The van der Waals surface area contributed by atoms with Crippen molar-refractivity contribution >= 4 is 17.1 Å². The minimum Gasteiger partial charge on any atom is -0.253 e. The highest BCUT2D eigenvalue weighted by Gasteiger charge is 1.95. The fraction of sp³-hybridized carbons (Fsp3) is 0.0909. The fourth-order valence-corrected chi connectivity index (χ4v) is 1.30. The first-order valence-corrected chi connectivity index (χ1v) is 4.30. The van der Waals surface area contributed by atoms with E-state index < -0.39 is 0 Å². The van der Waals surface area contributed by atoms with Gasteiger partial charge in [0.2, 0.25) is 0 Å². The zero-order valence-electron chi connectivity index (χ0n) is 7.74. The number of hydrogen-bond acceptors (Lipinski definition) is 2. The number of allylic oxidation sites excluding steroid dienone is 1. The van der Waals surface area contributed by atoms with Gasteiger partial charge in [-0.2, -0.15) is 0 Å². The Hall–Kier alpha value is -1.77. The van der Waals surface area contributed by atoms with Gasteiger partial charge in [0.1, 0.15) is 0 Å². The van der Waals surface area contributed by atoms with Crippen molar-refractivity contribution in [2.45, 2.75) is 6.92 Å². The number of fused-ring (bicyclic) bond motifs is 1. The van der Waals surface area contributed by atoms with E-state index in [0.717, 1.165) is 16.6 Å². The normalized spacial score (nSPS) is 12.0. The first kappa shape index (κ1) is 8.81. The molecule has 70 valence electrons. The molecule has 0 bridgehead atoms. The van der Waals surface area contributed by atoms with Gasteiger partial charge in [-0.3, -0.25) is 9.97 Å². The molecule has 0 fully saturated rings. The Labute approximate surface area is 81.1 Å². The van der Waals surface area contributed by atoms with E-state index in [2.05, 4.69) is 9.97 Å². The molecule has 0 spiro atoms. The van der Waals surface area contributed by atoms with Crippen LogP contribution in [0.4, 0.5) is 4.39 Å². The van der Waals surface area contributed by atoms with Crippen molar-refractivity contribution in [1.82, 2.24) is 9.97 Å². The number of nitrogens with zero attached hydrogens (tertiary/aromatic N) is 2. The minimum absolute atomic E-state index is 0.215. The van der Waals surface area contributed by atoms with Crippen LogP contribution in [0.3, 0.4) is 0 Å². The Kier molecular flexibility index (Phi) is 2.23. The maximum absolute atomic E-state index is 12.6. The third kappa shape index (κ3) is 1.76. The van der Waals surface area contributed by atoms with Crippen LogP contribution in [0.2, 0.25) is 0 Å². The van der Waals surface area contributed by atoms with Gasteiger partial charge in [0.15, 0.2) is 0 Å². The van der Waals surface area contributed by atoms with Gasteiger partial charge in [0.05, 0.1) is 16.9 Å². The minimum atomic E-state index is -0.215. The van der Waals surface area contributed by atoms with Crippen LogP contribution in [0.25, 0.3) is 17.1 Å². The molecule has 2 nitrogen and oxygen atoms in total. The van der Waals surface area contributed by atoms with Gasteiger partial charge < -0.3 is 0 Å². The van der Waals surface area contributed by atoms with Crippen LogP contribution in [0.5, 0.6) is 0 Å². The smallest absolute Gasteiger partial charge is 0.0974 e. The van der Waals surface area contributed by atoms with Crippen molar-refractivity contribution in [2.75, 3.05) is 0 Å². The van der Waals surface area contributed by atoms with E-state index in [9.17, 15) is 4.39 Å². The maximum atomic E-state index is 12.6. The van der Waals surface area contributed by atoms with Crippen LogP contribution < -0.4 is 0 Å². The monoisotopic (exact) mass is 188 g/mol. The lowest BCUT2D eigenvalue weighted by Crippen LogP contribution is -1.82. The predicted octanol–water partition coefficient (Wildman–Crippen LogP) is 2.96. The molecule has 0 aliphatic rings. The molecule has 0 radical (unpaired) electrons. The summed E-state index contributed by atoms with van der Waals surface area (Å²) in [4.78, 5) is 8.26. The quantitative estimate of drug-likeness (QED) is 0.687. The molecule has 0 saturated heterocycles. The second-order valence-corrected chi connectivity index (χ2v) is 3.04. The number of aromatic nitrogens is 2. The average Bonchev–Trinajstić information content (AvgIpc) is 2.17. The molecule has 2 aromatic rings. The van der Waals surface area contributed by atoms with E-state index >= 15 is 0 Å². The van der Waals surface area contributed by atoms with Crippen molar-refractivity contribution in [3.8, 4) is 0 Å². The van der Waals surface area contributed by atoms with E-state index in [1.54, 1.807) is 12.4 Å². The summed E-state index contributed by atoms with van der Waals surface area (Å²) in [5.74, 6) is -0.215. The van der Waals surface area contributed by atoms with Crippen molar-refractivity contribution in [3.05, 3.63) is 42.0 Å². The second kappa shape index (κ2) is 3.54. The summed E-state index contributed by atoms with van der Waals surface area (Å²) in [5.41, 5.74) is 2.40. The lowest BCUT2D eigenvalue weighted by Gasteiger charge is -1.97. The summed E-state index contributed by atoms with van der Waals surface area (Å²) < 4.78 is 12.6. The third-order valence-electron chi connectivity index (χ3n) is 1.86. The van der Waals surface area contributed by atoms with E-state index in [-0.39, 0.29) is 5.83 Å². The van der Waals surface area contributed by atoms with E-state index in [1.165, 1.54) is 13.0 Å². The molecule has 1 heterocycles. The average molecular weight is 188 g/mol. The number of halogens is 1. The molecule has 1 aromatic carbocycles. The summed E-state index contributed by atoms with van der Waals surface area (Å²) in [6.45, 7) is 1.42. The lowest BCUT2D eigenvalue weighted by atomic mass is 10.2. The number of hydrogen-bond donors (Lipinski definition) is 0. The summed E-state index contributed by atoms with van der Waals surface area (Å²) in [6.07, 6.45) is 4.73. The van der Waals surface area contributed by atoms with Gasteiger partial charge in [-0.25, -0.2) is 4.39 Å². The Morgan fingerprint density at radius 1 is 1.21 bits per heavy atom. The van der Waals surface area contributed by atoms with Crippen molar-refractivity contribution in [2.24, 2.45) is 0 Å². The van der Waals surface area contributed by atoms with Crippen LogP contribution in [0.1, 0.15) is 12.5 Å². The molecule has 0 unspecified atom stereocenters. The first-order chi connectivity index (χ1) is 6.75. The number of rotatable bonds is 1. The van der Waals surface area contributed by atoms with Crippen molar-refractivity contribution in [3.63, 3.8) is 0 Å². The van der Waals surface area contributed by atoms with Crippen LogP contribution in [-0.4, -0.2) is 9.97 Å². The maximum Gasteiger partial charge on any atom is 0.0974 e. The van der Waals surface area contributed by atoms with Crippen LogP contribution >= 0.6 is 0 Å². The highest BCUT2D eigenvalue weighted by atomic mass is 19.1. The summed E-state index contributed by atoms with van der Waals surface area (Å²) in [5, 5.41) is 0. The van der Waals surface area contributed by atoms with E-state index in [1.807, 2.05) is 18.2 Å². The molecule has 14 heavy (non-hydrogen) atoms. The highest BCUT2D eigenvalue weighted by Crippen LogP contribution is 2.13. The molecule has 0 N–H and O–H groups in total. The SMILES string of the molecule is C/C(F)=C/c1ccc2nccnc2c1. The van der Waals surface area contributed by atoms with Crippen LogP contribution in [-0.2, 0) is 0 Å². The largest absolute Gasteiger partial charge is 0.253 e. The molecular formula is C11H9FN2.